The Kier molecular flexibility index (Phi) is 4.66. The van der Waals surface area contributed by atoms with Crippen molar-refractivity contribution < 1.29 is 19.1 Å². The molecule has 7 heteroatoms. The third-order valence-electron chi connectivity index (χ3n) is 4.90. The number of hydrogen-bond acceptors (Lipinski definition) is 5. The van der Waals surface area contributed by atoms with Gasteiger partial charge in [-0.2, -0.15) is 0 Å². The Bertz CT molecular complexity index is 861. The minimum atomic E-state index is -0.0412. The van der Waals surface area contributed by atoms with E-state index in [9.17, 15) is 9.59 Å². The predicted molar refractivity (Wildman–Crippen MR) is 98.2 cm³/mol. The molecule has 140 valence electrons. The highest BCUT2D eigenvalue weighted by Gasteiger charge is 2.27. The van der Waals surface area contributed by atoms with Gasteiger partial charge < -0.3 is 19.3 Å². The first-order valence-corrected chi connectivity index (χ1v) is 9.02. The highest BCUT2D eigenvalue weighted by Crippen LogP contribution is 2.33. The standard InChI is InChI=1S/C20H21N3O4/c1-14-12-17-18(27-11-10-26-17)13-16(14)20(25)23-8-6-22(7-9-23)19(24)15-2-4-21-5-3-15/h2-5,12-13H,6-11H2,1H3. The van der Waals surface area contributed by atoms with E-state index < -0.39 is 0 Å². The van der Waals surface area contributed by atoms with Crippen molar-refractivity contribution in [2.45, 2.75) is 6.92 Å². The van der Waals surface area contributed by atoms with Gasteiger partial charge in [-0.1, -0.05) is 0 Å². The van der Waals surface area contributed by atoms with Gasteiger partial charge in [0.15, 0.2) is 11.5 Å². The molecule has 0 bridgehead atoms. The third kappa shape index (κ3) is 3.45. The lowest BCUT2D eigenvalue weighted by molar-refractivity contribution is 0.0534. The molecule has 0 spiro atoms. The highest BCUT2D eigenvalue weighted by molar-refractivity contribution is 5.97. The Labute approximate surface area is 157 Å². The van der Waals surface area contributed by atoms with E-state index in [1.165, 1.54) is 0 Å². The number of fused-ring (bicyclic) bond motifs is 1. The molecule has 2 aliphatic rings. The maximum absolute atomic E-state index is 13.0. The number of carbonyl (C=O) groups excluding carboxylic acids is 2. The minimum Gasteiger partial charge on any atom is -0.486 e. The molecule has 2 aliphatic heterocycles. The molecule has 0 radical (unpaired) electrons. The SMILES string of the molecule is Cc1cc2c(cc1C(=O)N1CCN(C(=O)c3ccncc3)CC1)OCCO2. The number of amides is 2. The quantitative estimate of drug-likeness (QED) is 0.809. The Hall–Kier alpha value is -3.09. The number of benzene rings is 1. The van der Waals surface area contributed by atoms with Crippen molar-refractivity contribution in [1.29, 1.82) is 0 Å². The topological polar surface area (TPSA) is 72.0 Å². The number of aromatic nitrogens is 1. The summed E-state index contributed by atoms with van der Waals surface area (Å²) in [4.78, 5) is 33.0. The minimum absolute atomic E-state index is 0.0278. The van der Waals surface area contributed by atoms with Crippen molar-refractivity contribution >= 4 is 11.8 Å². The summed E-state index contributed by atoms with van der Waals surface area (Å²) in [6.07, 6.45) is 3.22. The van der Waals surface area contributed by atoms with Gasteiger partial charge in [0.05, 0.1) is 0 Å². The van der Waals surface area contributed by atoms with Gasteiger partial charge in [0.2, 0.25) is 0 Å². The number of hydrogen-bond donors (Lipinski definition) is 0. The van der Waals surface area contributed by atoms with Crippen LogP contribution in [0, 0.1) is 6.92 Å². The predicted octanol–water partition coefficient (Wildman–Crippen LogP) is 1.76. The summed E-state index contributed by atoms with van der Waals surface area (Å²) in [6, 6.07) is 7.03. The van der Waals surface area contributed by atoms with Gasteiger partial charge in [-0.25, -0.2) is 0 Å². The Balaban J connectivity index is 1.44. The van der Waals surface area contributed by atoms with Crippen molar-refractivity contribution in [1.82, 2.24) is 14.8 Å². The summed E-state index contributed by atoms with van der Waals surface area (Å²) in [5.74, 6) is 1.23. The number of rotatable bonds is 2. The second-order valence-electron chi connectivity index (χ2n) is 6.63. The zero-order valence-corrected chi connectivity index (χ0v) is 15.2. The molecule has 4 rings (SSSR count). The van der Waals surface area contributed by atoms with Crippen molar-refractivity contribution in [3.8, 4) is 11.5 Å². The normalized spacial score (nSPS) is 16.2. The van der Waals surface area contributed by atoms with Crippen LogP contribution in [0.3, 0.4) is 0 Å². The van der Waals surface area contributed by atoms with E-state index >= 15 is 0 Å². The maximum atomic E-state index is 13.0. The zero-order valence-electron chi connectivity index (χ0n) is 15.2. The monoisotopic (exact) mass is 367 g/mol. The Morgan fingerprint density at radius 1 is 0.889 bits per heavy atom. The molecule has 1 fully saturated rings. The van der Waals surface area contributed by atoms with Gasteiger partial charge in [0, 0.05) is 49.7 Å². The van der Waals surface area contributed by atoms with E-state index in [4.69, 9.17) is 9.47 Å². The zero-order chi connectivity index (χ0) is 18.8. The fraction of sp³-hybridized carbons (Fsp3) is 0.350. The number of pyridine rings is 1. The largest absolute Gasteiger partial charge is 0.486 e. The maximum Gasteiger partial charge on any atom is 0.254 e. The molecule has 1 aromatic carbocycles. The van der Waals surface area contributed by atoms with E-state index in [1.807, 2.05) is 13.0 Å². The number of piperazine rings is 1. The summed E-state index contributed by atoms with van der Waals surface area (Å²) in [6.45, 7) is 4.93. The molecule has 27 heavy (non-hydrogen) atoms. The second-order valence-corrected chi connectivity index (χ2v) is 6.63. The molecule has 0 aliphatic carbocycles. The van der Waals surface area contributed by atoms with E-state index in [0.29, 0.717) is 62.0 Å². The third-order valence-corrected chi connectivity index (χ3v) is 4.90. The highest BCUT2D eigenvalue weighted by atomic mass is 16.6. The van der Waals surface area contributed by atoms with E-state index in [2.05, 4.69) is 4.98 Å². The molecule has 0 saturated carbocycles. The van der Waals surface area contributed by atoms with Crippen molar-refractivity contribution in [3.63, 3.8) is 0 Å². The number of aryl methyl sites for hydroxylation is 1. The van der Waals surface area contributed by atoms with E-state index in [0.717, 1.165) is 5.56 Å². The van der Waals surface area contributed by atoms with Crippen molar-refractivity contribution in [2.75, 3.05) is 39.4 Å². The fourth-order valence-corrected chi connectivity index (χ4v) is 3.38. The smallest absolute Gasteiger partial charge is 0.254 e. The second kappa shape index (κ2) is 7.26. The molecule has 1 aromatic heterocycles. The Morgan fingerprint density at radius 3 is 2.07 bits per heavy atom. The van der Waals surface area contributed by atoms with Gasteiger partial charge in [0.1, 0.15) is 13.2 Å². The van der Waals surface area contributed by atoms with Gasteiger partial charge in [-0.15, -0.1) is 0 Å². The molecular weight excluding hydrogens is 346 g/mol. The molecule has 0 N–H and O–H groups in total. The van der Waals surface area contributed by atoms with Gasteiger partial charge in [0.25, 0.3) is 11.8 Å². The lowest BCUT2D eigenvalue weighted by Gasteiger charge is -2.35. The molecule has 1 saturated heterocycles. The first-order chi connectivity index (χ1) is 13.1. The van der Waals surface area contributed by atoms with Crippen LogP contribution >= 0.6 is 0 Å². The van der Waals surface area contributed by atoms with E-state index in [1.54, 1.807) is 40.4 Å². The van der Waals surface area contributed by atoms with Gasteiger partial charge in [-0.05, 0) is 36.8 Å². The Morgan fingerprint density at radius 2 is 1.44 bits per heavy atom. The first-order valence-electron chi connectivity index (χ1n) is 9.02. The van der Waals surface area contributed by atoms with Crippen LogP contribution in [0.2, 0.25) is 0 Å². The summed E-state index contributed by atoms with van der Waals surface area (Å²) < 4.78 is 11.2. The van der Waals surface area contributed by atoms with Crippen molar-refractivity contribution in [2.24, 2.45) is 0 Å². The summed E-state index contributed by atoms with van der Waals surface area (Å²) in [5, 5.41) is 0. The lowest BCUT2D eigenvalue weighted by Crippen LogP contribution is -2.50. The lowest BCUT2D eigenvalue weighted by atomic mass is 10.1. The van der Waals surface area contributed by atoms with Crippen LogP contribution in [-0.2, 0) is 0 Å². The van der Waals surface area contributed by atoms with Gasteiger partial charge in [-0.3, -0.25) is 14.6 Å². The molecule has 2 amide bonds. The molecule has 2 aromatic rings. The van der Waals surface area contributed by atoms with Crippen LogP contribution in [-0.4, -0.2) is 66.0 Å². The number of ether oxygens (including phenoxy) is 2. The average Bonchev–Trinajstić information content (AvgIpc) is 2.73. The molecule has 0 unspecified atom stereocenters. The van der Waals surface area contributed by atoms with Crippen LogP contribution in [0.4, 0.5) is 0 Å². The van der Waals surface area contributed by atoms with Crippen LogP contribution in [0.5, 0.6) is 11.5 Å². The molecular formula is C20H21N3O4. The fourth-order valence-electron chi connectivity index (χ4n) is 3.38. The van der Waals surface area contributed by atoms with Crippen LogP contribution in [0.25, 0.3) is 0 Å². The summed E-state index contributed by atoms with van der Waals surface area (Å²) in [5.41, 5.74) is 2.10. The van der Waals surface area contributed by atoms with Crippen LogP contribution < -0.4 is 9.47 Å². The van der Waals surface area contributed by atoms with Crippen molar-refractivity contribution in [3.05, 3.63) is 53.3 Å². The average molecular weight is 367 g/mol. The van der Waals surface area contributed by atoms with Crippen LogP contribution in [0.1, 0.15) is 26.3 Å². The molecule has 7 nitrogen and oxygen atoms in total. The molecule has 0 atom stereocenters. The summed E-state index contributed by atoms with van der Waals surface area (Å²) in [7, 11) is 0. The van der Waals surface area contributed by atoms with E-state index in [-0.39, 0.29) is 11.8 Å². The number of carbonyl (C=O) groups is 2. The first kappa shape index (κ1) is 17.3. The van der Waals surface area contributed by atoms with Gasteiger partial charge >= 0.3 is 0 Å². The summed E-state index contributed by atoms with van der Waals surface area (Å²) >= 11 is 0. The molecule has 3 heterocycles. The van der Waals surface area contributed by atoms with Crippen LogP contribution in [0.15, 0.2) is 36.7 Å². The number of nitrogens with zero attached hydrogens (tertiary/aromatic N) is 3.